The van der Waals surface area contributed by atoms with Gasteiger partial charge >= 0.3 is 5.97 Å². The monoisotopic (exact) mass is 487 g/mol. The molecule has 1 aromatic heterocycles. The number of rotatable bonds is 10. The van der Waals surface area contributed by atoms with Gasteiger partial charge in [0, 0.05) is 12.1 Å². The molecule has 3 aromatic rings. The molecular weight excluding hydrogens is 458 g/mol. The average Bonchev–Trinajstić information content (AvgIpc) is 3.22. The number of hydrogen-bond acceptors (Lipinski definition) is 6. The molecule has 3 N–H and O–H groups in total. The Balaban J connectivity index is 1.73. The summed E-state index contributed by atoms with van der Waals surface area (Å²) in [7, 11) is -4.26. The van der Waals surface area contributed by atoms with E-state index < -0.39 is 28.1 Å². The van der Waals surface area contributed by atoms with E-state index in [4.69, 9.17) is 14.3 Å². The number of nitrogens with two attached hydrogens (primary N) is 1. The molecule has 10 heteroatoms. The molecule has 0 amide bonds. The largest absolute Gasteiger partial charge is 0.487 e. The molecule has 1 heterocycles. The third-order valence-electron chi connectivity index (χ3n) is 5.45. The zero-order chi connectivity index (χ0) is 25.0. The molecule has 1 unspecified atom stereocenters. The van der Waals surface area contributed by atoms with E-state index in [1.807, 2.05) is 32.0 Å². The Bertz CT molecular complexity index is 1270. The van der Waals surface area contributed by atoms with Crippen LogP contribution in [0.1, 0.15) is 36.2 Å². The highest BCUT2D eigenvalue weighted by Gasteiger charge is 2.35. The van der Waals surface area contributed by atoms with Crippen molar-refractivity contribution in [2.75, 3.05) is 0 Å². The van der Waals surface area contributed by atoms with Crippen LogP contribution in [0, 0.1) is 19.8 Å². The minimum Gasteiger partial charge on any atom is -0.487 e. The third-order valence-corrected chi connectivity index (χ3v) is 6.46. The van der Waals surface area contributed by atoms with Gasteiger partial charge in [-0.15, -0.1) is 0 Å². The van der Waals surface area contributed by atoms with E-state index in [-0.39, 0.29) is 13.2 Å². The lowest BCUT2D eigenvalue weighted by Crippen LogP contribution is -2.50. The summed E-state index contributed by atoms with van der Waals surface area (Å²) in [5, 5.41) is 14.9. The summed E-state index contributed by atoms with van der Waals surface area (Å²) in [5.41, 5.74) is 4.33. The molecule has 0 fully saturated rings. The fourth-order valence-corrected chi connectivity index (χ4v) is 4.52. The molecule has 0 aliphatic rings. The first-order valence-corrected chi connectivity index (χ1v) is 12.2. The smallest absolute Gasteiger partial charge is 0.322 e. The molecule has 34 heavy (non-hydrogen) atoms. The van der Waals surface area contributed by atoms with Crippen molar-refractivity contribution in [2.45, 2.75) is 46.9 Å². The SMILES string of the molecule is Cc1ccc(-c2nc(COc3cccc(CN(C(C(=O)O)C(C)C)S(N)(=O)=O)c3)co2)cc1C. The molecule has 2 aromatic carbocycles. The van der Waals surface area contributed by atoms with E-state index in [0.29, 0.717) is 22.9 Å². The Kier molecular flexibility index (Phi) is 7.75. The first-order chi connectivity index (χ1) is 16.0. The molecule has 0 spiro atoms. The van der Waals surface area contributed by atoms with Gasteiger partial charge in [-0.2, -0.15) is 12.7 Å². The van der Waals surface area contributed by atoms with Crippen molar-refractivity contribution in [1.82, 2.24) is 9.29 Å². The van der Waals surface area contributed by atoms with Gasteiger partial charge in [-0.1, -0.05) is 32.0 Å². The van der Waals surface area contributed by atoms with Crippen LogP contribution in [0.4, 0.5) is 0 Å². The van der Waals surface area contributed by atoms with E-state index in [1.165, 1.54) is 11.8 Å². The second-order valence-electron chi connectivity index (χ2n) is 8.50. The average molecular weight is 488 g/mol. The molecule has 0 radical (unpaired) electrons. The zero-order valence-electron chi connectivity index (χ0n) is 19.6. The van der Waals surface area contributed by atoms with Crippen LogP contribution in [-0.2, 0) is 28.2 Å². The van der Waals surface area contributed by atoms with Crippen LogP contribution in [0.15, 0.2) is 53.1 Å². The molecule has 9 nitrogen and oxygen atoms in total. The number of aliphatic carboxylic acids is 1. The lowest BCUT2D eigenvalue weighted by atomic mass is 10.0. The molecule has 0 bridgehead atoms. The normalized spacial score (nSPS) is 12.8. The minimum absolute atomic E-state index is 0.139. The van der Waals surface area contributed by atoms with Gasteiger partial charge in [-0.25, -0.2) is 10.1 Å². The summed E-state index contributed by atoms with van der Waals surface area (Å²) < 4.78 is 36.4. The van der Waals surface area contributed by atoms with Crippen LogP contribution in [0.2, 0.25) is 0 Å². The van der Waals surface area contributed by atoms with Gasteiger partial charge in [-0.3, -0.25) is 4.79 Å². The van der Waals surface area contributed by atoms with Crippen molar-refractivity contribution in [3.8, 4) is 17.2 Å². The van der Waals surface area contributed by atoms with E-state index in [0.717, 1.165) is 15.4 Å². The summed E-state index contributed by atoms with van der Waals surface area (Å²) in [6.45, 7) is 7.25. The Morgan fingerprint density at radius 1 is 1.18 bits per heavy atom. The molecular formula is C24H29N3O6S. The van der Waals surface area contributed by atoms with Crippen LogP contribution in [0.3, 0.4) is 0 Å². The molecule has 0 aliphatic heterocycles. The van der Waals surface area contributed by atoms with E-state index in [9.17, 15) is 18.3 Å². The van der Waals surface area contributed by atoms with Gasteiger partial charge in [0.15, 0.2) is 0 Å². The molecule has 3 rings (SSSR count). The maximum atomic E-state index is 12.1. The molecule has 0 aliphatic carbocycles. The number of carbonyl (C=O) groups is 1. The minimum atomic E-state index is -4.26. The van der Waals surface area contributed by atoms with Crippen LogP contribution >= 0.6 is 0 Å². The van der Waals surface area contributed by atoms with Crippen molar-refractivity contribution in [2.24, 2.45) is 11.1 Å². The number of benzene rings is 2. The number of aryl methyl sites for hydroxylation is 2. The Hall–Kier alpha value is -3.21. The van der Waals surface area contributed by atoms with Gasteiger partial charge in [-0.05, 0) is 60.7 Å². The number of carboxylic acids is 1. The topological polar surface area (TPSA) is 136 Å². The van der Waals surface area contributed by atoms with Crippen LogP contribution in [0.5, 0.6) is 5.75 Å². The van der Waals surface area contributed by atoms with Gasteiger partial charge < -0.3 is 14.3 Å². The highest BCUT2D eigenvalue weighted by molar-refractivity contribution is 7.86. The first kappa shape index (κ1) is 25.4. The fourth-order valence-electron chi connectivity index (χ4n) is 3.54. The van der Waals surface area contributed by atoms with Crippen LogP contribution in [-0.4, -0.2) is 34.8 Å². The number of nitrogens with zero attached hydrogens (tertiary/aromatic N) is 2. The van der Waals surface area contributed by atoms with E-state index >= 15 is 0 Å². The predicted octanol–water partition coefficient (Wildman–Crippen LogP) is 3.65. The lowest BCUT2D eigenvalue weighted by molar-refractivity contribution is -0.143. The first-order valence-electron chi connectivity index (χ1n) is 10.7. The molecule has 1 atom stereocenters. The number of oxazole rings is 1. The highest BCUT2D eigenvalue weighted by atomic mass is 32.2. The van der Waals surface area contributed by atoms with E-state index in [1.54, 1.807) is 38.1 Å². The second kappa shape index (κ2) is 10.4. The van der Waals surface area contributed by atoms with Crippen LogP contribution < -0.4 is 9.88 Å². The quantitative estimate of drug-likeness (QED) is 0.445. The van der Waals surface area contributed by atoms with Gasteiger partial charge in [0.25, 0.3) is 10.2 Å². The van der Waals surface area contributed by atoms with Crippen molar-refractivity contribution in [3.63, 3.8) is 0 Å². The Labute approximate surface area is 199 Å². The number of hydrogen-bond donors (Lipinski definition) is 2. The maximum absolute atomic E-state index is 12.1. The van der Waals surface area contributed by atoms with Gasteiger partial charge in [0.2, 0.25) is 5.89 Å². The van der Waals surface area contributed by atoms with E-state index in [2.05, 4.69) is 4.98 Å². The summed E-state index contributed by atoms with van der Waals surface area (Å²) in [4.78, 5) is 16.2. The number of carboxylic acid groups (broad SMARTS) is 1. The second-order valence-corrected chi connectivity index (χ2v) is 10.00. The lowest BCUT2D eigenvalue weighted by Gasteiger charge is -2.28. The Morgan fingerprint density at radius 3 is 2.53 bits per heavy atom. The van der Waals surface area contributed by atoms with Crippen LogP contribution in [0.25, 0.3) is 11.5 Å². The Morgan fingerprint density at radius 2 is 1.91 bits per heavy atom. The maximum Gasteiger partial charge on any atom is 0.322 e. The summed E-state index contributed by atoms with van der Waals surface area (Å²) in [6.07, 6.45) is 1.52. The van der Waals surface area contributed by atoms with Crippen molar-refractivity contribution in [1.29, 1.82) is 0 Å². The zero-order valence-corrected chi connectivity index (χ0v) is 20.4. The summed E-state index contributed by atoms with van der Waals surface area (Å²) in [6, 6.07) is 11.4. The highest BCUT2D eigenvalue weighted by Crippen LogP contribution is 2.24. The third kappa shape index (κ3) is 6.22. The van der Waals surface area contributed by atoms with Gasteiger partial charge in [0.1, 0.15) is 30.4 Å². The fraction of sp³-hybridized carbons (Fsp3) is 0.333. The van der Waals surface area contributed by atoms with Gasteiger partial charge in [0.05, 0.1) is 0 Å². The summed E-state index contributed by atoms with van der Waals surface area (Å²) >= 11 is 0. The predicted molar refractivity (Wildman–Crippen MR) is 127 cm³/mol. The van der Waals surface area contributed by atoms with Crippen molar-refractivity contribution >= 4 is 16.2 Å². The molecule has 0 saturated heterocycles. The number of ether oxygens (including phenoxy) is 1. The van der Waals surface area contributed by atoms with Crippen molar-refractivity contribution in [3.05, 3.63) is 71.1 Å². The molecule has 0 saturated carbocycles. The molecule has 182 valence electrons. The van der Waals surface area contributed by atoms with Crippen molar-refractivity contribution < 1.29 is 27.5 Å². The summed E-state index contributed by atoms with van der Waals surface area (Å²) in [5.74, 6) is -0.775. The number of aromatic nitrogens is 1. The standard InChI is InChI=1S/C24H29N3O6S/c1-15(2)22(24(28)29)27(34(25,30)31)12-18-6-5-7-21(11-18)32-13-20-14-33-23(26-20)19-9-8-16(3)17(4)10-19/h5-11,14-15,22H,12-13H2,1-4H3,(H,28,29)(H2,25,30,31).